The van der Waals surface area contributed by atoms with Crippen molar-refractivity contribution >= 4 is 5.97 Å². The topological polar surface area (TPSA) is 98.0 Å². The molecule has 0 aromatic heterocycles. The highest BCUT2D eigenvalue weighted by molar-refractivity contribution is 5.88. The number of aliphatic hydroxyl groups is 1. The zero-order valence-electron chi connectivity index (χ0n) is 6.56. The van der Waals surface area contributed by atoms with Crippen LogP contribution in [0.2, 0.25) is 0 Å². The van der Waals surface area contributed by atoms with Crippen LogP contribution in [0.3, 0.4) is 0 Å². The Hall–Kier alpha value is -1.75. The summed E-state index contributed by atoms with van der Waals surface area (Å²) in [7, 11) is 0. The number of hydrogen-bond donors (Lipinski definition) is 4. The number of carboxylic acids is 1. The molecule has 1 aromatic carbocycles. The maximum absolute atomic E-state index is 10.5. The molecule has 13 heavy (non-hydrogen) atoms. The SMILES string of the molecule is O=C(O)c1cc(O)c(O)c(CO)c1. The molecule has 0 heterocycles. The van der Waals surface area contributed by atoms with Gasteiger partial charge in [-0.3, -0.25) is 0 Å². The van der Waals surface area contributed by atoms with Gasteiger partial charge in [0, 0.05) is 5.56 Å². The molecule has 1 rings (SSSR count). The second kappa shape index (κ2) is 3.32. The van der Waals surface area contributed by atoms with Gasteiger partial charge in [0.2, 0.25) is 0 Å². The van der Waals surface area contributed by atoms with Gasteiger partial charge in [-0.1, -0.05) is 0 Å². The van der Waals surface area contributed by atoms with Gasteiger partial charge in [-0.2, -0.15) is 0 Å². The van der Waals surface area contributed by atoms with Gasteiger partial charge in [0.25, 0.3) is 0 Å². The van der Waals surface area contributed by atoms with Crippen molar-refractivity contribution in [3.05, 3.63) is 23.3 Å². The number of carboxylic acid groups (broad SMARTS) is 1. The highest BCUT2D eigenvalue weighted by Crippen LogP contribution is 2.30. The van der Waals surface area contributed by atoms with Crippen LogP contribution in [0.1, 0.15) is 15.9 Å². The van der Waals surface area contributed by atoms with Crippen LogP contribution < -0.4 is 0 Å². The number of rotatable bonds is 2. The third-order valence-electron chi connectivity index (χ3n) is 1.59. The fraction of sp³-hybridized carbons (Fsp3) is 0.125. The van der Waals surface area contributed by atoms with E-state index in [0.29, 0.717) is 0 Å². The van der Waals surface area contributed by atoms with Crippen LogP contribution in [0.25, 0.3) is 0 Å². The van der Waals surface area contributed by atoms with Gasteiger partial charge in [-0.05, 0) is 12.1 Å². The molecule has 5 nitrogen and oxygen atoms in total. The lowest BCUT2D eigenvalue weighted by Crippen LogP contribution is -1.98. The summed E-state index contributed by atoms with van der Waals surface area (Å²) in [5.74, 6) is -2.28. The molecule has 0 aliphatic heterocycles. The summed E-state index contributed by atoms with van der Waals surface area (Å²) in [4.78, 5) is 10.5. The normalized spacial score (nSPS) is 9.92. The Morgan fingerprint density at radius 1 is 1.31 bits per heavy atom. The lowest BCUT2D eigenvalue weighted by atomic mass is 10.1. The third kappa shape index (κ3) is 1.70. The number of aliphatic hydroxyl groups excluding tert-OH is 1. The fourth-order valence-corrected chi connectivity index (χ4v) is 0.922. The van der Waals surface area contributed by atoms with Crippen molar-refractivity contribution < 1.29 is 25.2 Å². The number of phenolic OH excluding ortho intramolecular Hbond substituents is 1. The monoisotopic (exact) mass is 184 g/mol. The lowest BCUT2D eigenvalue weighted by Gasteiger charge is -2.04. The smallest absolute Gasteiger partial charge is 0.335 e. The minimum atomic E-state index is -1.23. The van der Waals surface area contributed by atoms with E-state index >= 15 is 0 Å². The van der Waals surface area contributed by atoms with E-state index in [0.717, 1.165) is 12.1 Å². The standard InChI is InChI=1S/C8H8O5/c9-3-5-1-4(8(12)13)2-6(10)7(5)11/h1-2,9-11H,3H2,(H,12,13). The quantitative estimate of drug-likeness (QED) is 0.495. The Balaban J connectivity index is 3.30. The van der Waals surface area contributed by atoms with E-state index in [2.05, 4.69) is 0 Å². The predicted octanol–water partition coefficient (Wildman–Crippen LogP) is 0.288. The number of phenols is 2. The van der Waals surface area contributed by atoms with Gasteiger partial charge < -0.3 is 20.4 Å². The van der Waals surface area contributed by atoms with Crippen molar-refractivity contribution in [1.82, 2.24) is 0 Å². The minimum absolute atomic E-state index is 0.0163. The molecular formula is C8H8O5. The fourth-order valence-electron chi connectivity index (χ4n) is 0.922. The number of benzene rings is 1. The van der Waals surface area contributed by atoms with Gasteiger partial charge in [-0.15, -0.1) is 0 Å². The molecule has 0 atom stereocenters. The summed E-state index contributed by atoms with van der Waals surface area (Å²) in [6.07, 6.45) is 0. The van der Waals surface area contributed by atoms with Gasteiger partial charge >= 0.3 is 5.97 Å². The summed E-state index contributed by atoms with van der Waals surface area (Å²) in [5, 5.41) is 35.4. The molecule has 5 heteroatoms. The van der Waals surface area contributed by atoms with E-state index in [-0.39, 0.29) is 11.1 Å². The molecule has 0 radical (unpaired) electrons. The van der Waals surface area contributed by atoms with Crippen molar-refractivity contribution in [3.63, 3.8) is 0 Å². The Morgan fingerprint density at radius 2 is 1.92 bits per heavy atom. The van der Waals surface area contributed by atoms with E-state index in [1.807, 2.05) is 0 Å². The van der Waals surface area contributed by atoms with E-state index in [1.54, 1.807) is 0 Å². The second-order valence-electron chi connectivity index (χ2n) is 2.47. The van der Waals surface area contributed by atoms with Crippen LogP contribution in [0, 0.1) is 0 Å². The van der Waals surface area contributed by atoms with Crippen molar-refractivity contribution in [2.45, 2.75) is 6.61 Å². The largest absolute Gasteiger partial charge is 0.504 e. The minimum Gasteiger partial charge on any atom is -0.504 e. The van der Waals surface area contributed by atoms with Crippen molar-refractivity contribution in [3.8, 4) is 11.5 Å². The van der Waals surface area contributed by atoms with E-state index in [9.17, 15) is 4.79 Å². The lowest BCUT2D eigenvalue weighted by molar-refractivity contribution is 0.0696. The molecule has 0 amide bonds. The number of aromatic hydroxyl groups is 2. The first kappa shape index (κ1) is 9.34. The van der Waals surface area contributed by atoms with Crippen molar-refractivity contribution in [2.75, 3.05) is 0 Å². The van der Waals surface area contributed by atoms with Crippen LogP contribution in [0.5, 0.6) is 11.5 Å². The van der Waals surface area contributed by atoms with Crippen LogP contribution >= 0.6 is 0 Å². The van der Waals surface area contributed by atoms with Crippen LogP contribution in [-0.2, 0) is 6.61 Å². The van der Waals surface area contributed by atoms with Crippen molar-refractivity contribution in [1.29, 1.82) is 0 Å². The molecule has 0 aliphatic rings. The molecule has 0 spiro atoms. The number of hydrogen-bond acceptors (Lipinski definition) is 4. The summed E-state index contributed by atoms with van der Waals surface area (Å²) in [5.41, 5.74) is -0.197. The van der Waals surface area contributed by atoms with Crippen LogP contribution in [0.4, 0.5) is 0 Å². The first-order valence-electron chi connectivity index (χ1n) is 3.45. The maximum atomic E-state index is 10.5. The van der Waals surface area contributed by atoms with Gasteiger partial charge in [0.1, 0.15) is 0 Å². The Labute approximate surface area is 73.5 Å². The van der Waals surface area contributed by atoms with E-state index in [1.165, 1.54) is 0 Å². The highest BCUT2D eigenvalue weighted by atomic mass is 16.4. The Morgan fingerprint density at radius 3 is 2.38 bits per heavy atom. The molecule has 70 valence electrons. The van der Waals surface area contributed by atoms with Gasteiger partial charge in [-0.25, -0.2) is 4.79 Å². The first-order valence-corrected chi connectivity index (χ1v) is 3.45. The highest BCUT2D eigenvalue weighted by Gasteiger charge is 2.11. The Bertz CT molecular complexity index is 345. The number of carbonyl (C=O) groups is 1. The molecule has 0 fully saturated rings. The average molecular weight is 184 g/mol. The maximum Gasteiger partial charge on any atom is 0.335 e. The molecular weight excluding hydrogens is 176 g/mol. The third-order valence-corrected chi connectivity index (χ3v) is 1.59. The molecule has 0 saturated heterocycles. The molecule has 4 N–H and O–H groups in total. The predicted molar refractivity (Wildman–Crippen MR) is 42.7 cm³/mol. The molecule has 0 saturated carbocycles. The summed E-state index contributed by atoms with van der Waals surface area (Å²) < 4.78 is 0. The van der Waals surface area contributed by atoms with Gasteiger partial charge in [0.05, 0.1) is 12.2 Å². The molecule has 0 unspecified atom stereocenters. The van der Waals surface area contributed by atoms with Crippen molar-refractivity contribution in [2.24, 2.45) is 0 Å². The zero-order chi connectivity index (χ0) is 10.0. The number of aromatic carboxylic acids is 1. The zero-order valence-corrected chi connectivity index (χ0v) is 6.56. The molecule has 0 bridgehead atoms. The molecule has 1 aromatic rings. The van der Waals surface area contributed by atoms with Crippen LogP contribution in [-0.4, -0.2) is 26.4 Å². The second-order valence-corrected chi connectivity index (χ2v) is 2.47. The Kier molecular flexibility index (Phi) is 2.39. The van der Waals surface area contributed by atoms with Gasteiger partial charge in [0.15, 0.2) is 11.5 Å². The molecule has 0 aliphatic carbocycles. The summed E-state index contributed by atoms with van der Waals surface area (Å²) in [6.45, 7) is -0.527. The summed E-state index contributed by atoms with van der Waals surface area (Å²) in [6, 6.07) is 2.01. The van der Waals surface area contributed by atoms with E-state index < -0.39 is 24.1 Å². The first-order chi connectivity index (χ1) is 6.06. The average Bonchev–Trinajstić information content (AvgIpc) is 2.09. The summed E-state index contributed by atoms with van der Waals surface area (Å²) >= 11 is 0. The van der Waals surface area contributed by atoms with E-state index in [4.69, 9.17) is 20.4 Å². The van der Waals surface area contributed by atoms with Crippen LogP contribution in [0.15, 0.2) is 12.1 Å².